The van der Waals surface area contributed by atoms with Gasteiger partial charge < -0.3 is 15.4 Å². The van der Waals surface area contributed by atoms with Crippen LogP contribution in [0.3, 0.4) is 0 Å². The van der Waals surface area contributed by atoms with E-state index in [0.29, 0.717) is 17.3 Å². The van der Waals surface area contributed by atoms with Gasteiger partial charge in [0.25, 0.3) is 5.91 Å². The Morgan fingerprint density at radius 3 is 2.59 bits per heavy atom. The van der Waals surface area contributed by atoms with Crippen LogP contribution in [0.5, 0.6) is 5.75 Å². The highest BCUT2D eigenvalue weighted by Gasteiger charge is 2.12. The molecule has 1 heterocycles. The topological polar surface area (TPSA) is 76.1 Å². The largest absolute Gasteiger partial charge is 0.495 e. The first-order valence-corrected chi connectivity index (χ1v) is 7.96. The van der Waals surface area contributed by atoms with Crippen LogP contribution in [0.2, 0.25) is 0 Å². The second kappa shape index (κ2) is 7.77. The third kappa shape index (κ3) is 4.35. The zero-order valence-electron chi connectivity index (χ0n) is 14.6. The SMILES string of the molecule is COc1ccc(C)cc1Nc1cc(C(=O)Nc2ccc(F)c(F)c2)ncn1. The number of hydrogen-bond donors (Lipinski definition) is 2. The Hall–Kier alpha value is -3.55. The van der Waals surface area contributed by atoms with Gasteiger partial charge in [-0.05, 0) is 36.8 Å². The summed E-state index contributed by atoms with van der Waals surface area (Å²) in [5, 5.41) is 5.53. The third-order valence-electron chi connectivity index (χ3n) is 3.69. The number of amides is 1. The highest BCUT2D eigenvalue weighted by molar-refractivity contribution is 6.03. The van der Waals surface area contributed by atoms with Crippen molar-refractivity contribution in [3.8, 4) is 5.75 Å². The molecule has 2 N–H and O–H groups in total. The minimum absolute atomic E-state index is 0.0591. The smallest absolute Gasteiger partial charge is 0.274 e. The van der Waals surface area contributed by atoms with Crippen LogP contribution < -0.4 is 15.4 Å². The number of halogens is 2. The maximum atomic E-state index is 13.3. The second-order valence-corrected chi connectivity index (χ2v) is 5.70. The summed E-state index contributed by atoms with van der Waals surface area (Å²) >= 11 is 0. The standard InChI is InChI=1S/C19H16F2N4O2/c1-11-3-6-17(27-2)15(7-11)25-18-9-16(22-10-23-18)19(26)24-12-4-5-13(20)14(21)8-12/h3-10H,1-2H3,(H,24,26)(H,22,23,25). The lowest BCUT2D eigenvalue weighted by atomic mass is 10.2. The van der Waals surface area contributed by atoms with Gasteiger partial charge in [-0.3, -0.25) is 4.79 Å². The fraction of sp³-hybridized carbons (Fsp3) is 0.105. The Labute approximate surface area is 154 Å². The minimum atomic E-state index is -1.05. The number of ether oxygens (including phenoxy) is 1. The van der Waals surface area contributed by atoms with Crippen LogP contribution in [0.4, 0.5) is 26.0 Å². The number of aryl methyl sites for hydroxylation is 1. The van der Waals surface area contributed by atoms with Crippen molar-refractivity contribution >= 4 is 23.1 Å². The third-order valence-corrected chi connectivity index (χ3v) is 3.69. The fourth-order valence-corrected chi connectivity index (χ4v) is 2.38. The van der Waals surface area contributed by atoms with E-state index in [2.05, 4.69) is 20.6 Å². The van der Waals surface area contributed by atoms with E-state index in [1.165, 1.54) is 18.5 Å². The second-order valence-electron chi connectivity index (χ2n) is 5.70. The molecule has 0 aliphatic rings. The van der Waals surface area contributed by atoms with Gasteiger partial charge in [0.15, 0.2) is 11.6 Å². The van der Waals surface area contributed by atoms with Crippen LogP contribution in [0.25, 0.3) is 0 Å². The highest BCUT2D eigenvalue weighted by atomic mass is 19.2. The van der Waals surface area contributed by atoms with Crippen molar-refractivity contribution in [2.24, 2.45) is 0 Å². The first-order chi connectivity index (χ1) is 13.0. The number of hydrogen-bond acceptors (Lipinski definition) is 5. The monoisotopic (exact) mass is 370 g/mol. The number of carbonyl (C=O) groups is 1. The molecule has 0 spiro atoms. The minimum Gasteiger partial charge on any atom is -0.495 e. The molecule has 0 radical (unpaired) electrons. The highest BCUT2D eigenvalue weighted by Crippen LogP contribution is 2.28. The molecule has 0 saturated heterocycles. The summed E-state index contributed by atoms with van der Waals surface area (Å²) in [7, 11) is 1.55. The van der Waals surface area contributed by atoms with Gasteiger partial charge in [-0.15, -0.1) is 0 Å². The van der Waals surface area contributed by atoms with Crippen molar-refractivity contribution in [1.29, 1.82) is 0 Å². The first-order valence-electron chi connectivity index (χ1n) is 7.96. The number of rotatable bonds is 5. The molecule has 6 nitrogen and oxygen atoms in total. The number of anilines is 3. The van der Waals surface area contributed by atoms with Crippen molar-refractivity contribution < 1.29 is 18.3 Å². The fourth-order valence-electron chi connectivity index (χ4n) is 2.38. The number of aromatic nitrogens is 2. The quantitative estimate of drug-likeness (QED) is 0.708. The molecule has 3 aromatic rings. The lowest BCUT2D eigenvalue weighted by molar-refractivity contribution is 0.102. The van der Waals surface area contributed by atoms with Crippen LogP contribution >= 0.6 is 0 Å². The lowest BCUT2D eigenvalue weighted by Crippen LogP contribution is -2.14. The summed E-state index contributed by atoms with van der Waals surface area (Å²) in [4.78, 5) is 20.3. The summed E-state index contributed by atoms with van der Waals surface area (Å²) in [6.45, 7) is 1.94. The van der Waals surface area contributed by atoms with E-state index in [0.717, 1.165) is 17.7 Å². The van der Waals surface area contributed by atoms with Gasteiger partial charge in [0.05, 0.1) is 12.8 Å². The van der Waals surface area contributed by atoms with E-state index in [9.17, 15) is 13.6 Å². The van der Waals surface area contributed by atoms with Gasteiger partial charge in [0.1, 0.15) is 23.6 Å². The maximum Gasteiger partial charge on any atom is 0.274 e. The van der Waals surface area contributed by atoms with Crippen molar-refractivity contribution in [2.75, 3.05) is 17.7 Å². The zero-order chi connectivity index (χ0) is 19.4. The Kier molecular flexibility index (Phi) is 5.25. The molecule has 0 bridgehead atoms. The predicted molar refractivity (Wildman–Crippen MR) is 97.4 cm³/mol. The van der Waals surface area contributed by atoms with E-state index >= 15 is 0 Å². The van der Waals surface area contributed by atoms with E-state index in [-0.39, 0.29) is 11.4 Å². The molecule has 138 valence electrons. The number of carbonyl (C=O) groups excluding carboxylic acids is 1. The molecule has 8 heteroatoms. The van der Waals surface area contributed by atoms with Gasteiger partial charge in [-0.25, -0.2) is 18.7 Å². The van der Waals surface area contributed by atoms with Crippen LogP contribution in [0.15, 0.2) is 48.8 Å². The molecule has 0 unspecified atom stereocenters. The molecule has 0 aliphatic carbocycles. The molecule has 0 aliphatic heterocycles. The van der Waals surface area contributed by atoms with Gasteiger partial charge in [0, 0.05) is 17.8 Å². The lowest BCUT2D eigenvalue weighted by Gasteiger charge is -2.12. The number of nitrogens with one attached hydrogen (secondary N) is 2. The molecule has 2 aromatic carbocycles. The van der Waals surface area contributed by atoms with E-state index in [1.807, 2.05) is 25.1 Å². The number of benzene rings is 2. The maximum absolute atomic E-state index is 13.3. The van der Waals surface area contributed by atoms with Crippen LogP contribution in [-0.4, -0.2) is 23.0 Å². The summed E-state index contributed by atoms with van der Waals surface area (Å²) in [6.07, 6.45) is 1.23. The summed E-state index contributed by atoms with van der Waals surface area (Å²) in [5.41, 5.74) is 1.88. The molecule has 0 atom stereocenters. The van der Waals surface area contributed by atoms with E-state index in [1.54, 1.807) is 7.11 Å². The van der Waals surface area contributed by atoms with Crippen LogP contribution in [0, 0.1) is 18.6 Å². The molecule has 1 amide bonds. The van der Waals surface area contributed by atoms with Gasteiger partial charge in [-0.1, -0.05) is 6.07 Å². The molecule has 27 heavy (non-hydrogen) atoms. The van der Waals surface area contributed by atoms with Crippen LogP contribution in [-0.2, 0) is 0 Å². The van der Waals surface area contributed by atoms with Crippen molar-refractivity contribution in [3.63, 3.8) is 0 Å². The summed E-state index contributed by atoms with van der Waals surface area (Å²) in [6, 6.07) is 10.1. The van der Waals surface area contributed by atoms with Crippen molar-refractivity contribution in [1.82, 2.24) is 9.97 Å². The molecule has 0 fully saturated rings. The van der Waals surface area contributed by atoms with Gasteiger partial charge in [0.2, 0.25) is 0 Å². The summed E-state index contributed by atoms with van der Waals surface area (Å²) in [5.74, 6) is -1.63. The Morgan fingerprint density at radius 1 is 1.04 bits per heavy atom. The van der Waals surface area contributed by atoms with Gasteiger partial charge in [-0.2, -0.15) is 0 Å². The zero-order valence-corrected chi connectivity index (χ0v) is 14.6. The Balaban J connectivity index is 1.80. The average molecular weight is 370 g/mol. The van der Waals surface area contributed by atoms with Gasteiger partial charge >= 0.3 is 0 Å². The van der Waals surface area contributed by atoms with Crippen molar-refractivity contribution in [3.05, 3.63) is 71.7 Å². The molecular formula is C19H16F2N4O2. The molecule has 1 aromatic heterocycles. The van der Waals surface area contributed by atoms with E-state index in [4.69, 9.17) is 4.74 Å². The molecule has 0 saturated carbocycles. The average Bonchev–Trinajstić information content (AvgIpc) is 2.65. The Bertz CT molecular complexity index is 995. The number of nitrogens with zero attached hydrogens (tertiary/aromatic N) is 2. The summed E-state index contributed by atoms with van der Waals surface area (Å²) < 4.78 is 31.5. The Morgan fingerprint density at radius 2 is 1.85 bits per heavy atom. The van der Waals surface area contributed by atoms with Crippen molar-refractivity contribution in [2.45, 2.75) is 6.92 Å². The van der Waals surface area contributed by atoms with E-state index < -0.39 is 17.5 Å². The number of methoxy groups -OCH3 is 1. The first kappa shape index (κ1) is 18.2. The molecule has 3 rings (SSSR count). The predicted octanol–water partition coefficient (Wildman–Crippen LogP) is 4.07. The molecular weight excluding hydrogens is 354 g/mol. The van der Waals surface area contributed by atoms with Crippen LogP contribution in [0.1, 0.15) is 16.1 Å². The normalized spacial score (nSPS) is 10.4.